The molecule has 1 aliphatic rings. The van der Waals surface area contributed by atoms with Crippen molar-refractivity contribution < 1.29 is 0 Å². The van der Waals surface area contributed by atoms with Crippen LogP contribution in [0.2, 0.25) is 0 Å². The Hall–Kier alpha value is 0.0869. The van der Waals surface area contributed by atoms with Crippen molar-refractivity contribution >= 4 is 15.0 Å². The predicted octanol–water partition coefficient (Wildman–Crippen LogP) is -0.147. The third-order valence-electron chi connectivity index (χ3n) is 0.539. The molecule has 0 atom stereocenters. The van der Waals surface area contributed by atoms with Gasteiger partial charge in [0.1, 0.15) is 0 Å². The molecule has 0 amide bonds. The Bertz CT molecular complexity index is 41.2. The molecule has 0 aromatic rings. The molecular formula is C3H5Si. The topological polar surface area (TPSA) is 0 Å². The van der Waals surface area contributed by atoms with Gasteiger partial charge in [0, 0.05) is 0 Å². The fraction of sp³-hybridized carbons (Fsp3) is 0.667. The van der Waals surface area contributed by atoms with E-state index in [1.54, 1.807) is 5.17 Å². The van der Waals surface area contributed by atoms with Gasteiger partial charge in [-0.25, -0.2) is 0 Å². The van der Waals surface area contributed by atoms with Gasteiger partial charge >= 0.3 is 0 Å². The summed E-state index contributed by atoms with van der Waals surface area (Å²) in [7, 11) is 2.69. The number of hydrogen-bond acceptors (Lipinski definition) is 0. The van der Waals surface area contributed by atoms with Crippen molar-refractivity contribution in [2.45, 2.75) is 12.8 Å². The molecule has 0 bridgehead atoms. The van der Waals surface area contributed by atoms with Crippen LogP contribution in [-0.4, -0.2) is 15.0 Å². The standard InChI is InChI=1S/C3H5Si/c4-3-1-2-3/h4H,1-2H2. The zero-order valence-corrected chi connectivity index (χ0v) is 3.65. The first kappa shape index (κ1) is 2.33. The highest BCUT2D eigenvalue weighted by atomic mass is 28.1. The summed E-state index contributed by atoms with van der Waals surface area (Å²) < 4.78 is 0. The largest absolute Gasteiger partial charge is 0.0917 e. The van der Waals surface area contributed by atoms with Crippen molar-refractivity contribution in [1.29, 1.82) is 0 Å². The van der Waals surface area contributed by atoms with Crippen molar-refractivity contribution in [3.8, 4) is 0 Å². The van der Waals surface area contributed by atoms with Crippen LogP contribution < -0.4 is 0 Å². The summed E-state index contributed by atoms with van der Waals surface area (Å²) in [5, 5.41) is 1.58. The van der Waals surface area contributed by atoms with Gasteiger partial charge in [0.2, 0.25) is 0 Å². The fourth-order valence-corrected chi connectivity index (χ4v) is 0.217. The van der Waals surface area contributed by atoms with E-state index in [4.69, 9.17) is 0 Å². The molecule has 0 aromatic carbocycles. The Balaban J connectivity index is 2.60. The van der Waals surface area contributed by atoms with Crippen LogP contribution >= 0.6 is 0 Å². The maximum atomic E-state index is 2.69. The van der Waals surface area contributed by atoms with Gasteiger partial charge < -0.3 is 0 Å². The Labute approximate surface area is 28.9 Å². The molecule has 0 spiro atoms. The van der Waals surface area contributed by atoms with Crippen LogP contribution in [0.25, 0.3) is 0 Å². The zero-order valence-electron chi connectivity index (χ0n) is 2.49. The van der Waals surface area contributed by atoms with Gasteiger partial charge in [0.05, 0.1) is 0 Å². The van der Waals surface area contributed by atoms with Gasteiger partial charge in [-0.3, -0.25) is 0 Å². The Morgan fingerprint density at radius 2 is 1.75 bits per heavy atom. The van der Waals surface area contributed by atoms with Crippen molar-refractivity contribution in [2.75, 3.05) is 0 Å². The lowest BCUT2D eigenvalue weighted by Gasteiger charge is -1.33. The molecule has 0 saturated heterocycles. The molecule has 4 heavy (non-hydrogen) atoms. The molecule has 0 unspecified atom stereocenters. The molecule has 1 rings (SSSR count). The van der Waals surface area contributed by atoms with E-state index in [-0.39, 0.29) is 0 Å². The minimum absolute atomic E-state index is 1.37. The summed E-state index contributed by atoms with van der Waals surface area (Å²) >= 11 is 0. The average molecular weight is 69.2 g/mol. The smallest absolute Gasteiger partial charge is 0.00109 e. The molecule has 1 radical (unpaired) electrons. The summed E-state index contributed by atoms with van der Waals surface area (Å²) in [6.45, 7) is 0. The highest BCUT2D eigenvalue weighted by Gasteiger charge is 2.03. The van der Waals surface area contributed by atoms with Crippen LogP contribution in [-0.2, 0) is 0 Å². The highest BCUT2D eigenvalue weighted by molar-refractivity contribution is 6.43. The van der Waals surface area contributed by atoms with Crippen LogP contribution in [0.4, 0.5) is 0 Å². The highest BCUT2D eigenvalue weighted by Crippen LogP contribution is 2.07. The zero-order chi connectivity index (χ0) is 2.99. The quantitative estimate of drug-likeness (QED) is 0.347. The van der Waals surface area contributed by atoms with Crippen molar-refractivity contribution in [1.82, 2.24) is 0 Å². The lowest BCUT2D eigenvalue weighted by Crippen LogP contribution is -1.49. The van der Waals surface area contributed by atoms with Crippen molar-refractivity contribution in [2.24, 2.45) is 0 Å². The molecule has 1 aliphatic carbocycles. The minimum atomic E-state index is 1.37. The van der Waals surface area contributed by atoms with Gasteiger partial charge in [0.15, 0.2) is 0 Å². The van der Waals surface area contributed by atoms with Crippen molar-refractivity contribution in [3.63, 3.8) is 0 Å². The summed E-state index contributed by atoms with van der Waals surface area (Å²) in [6, 6.07) is 0. The van der Waals surface area contributed by atoms with E-state index >= 15 is 0 Å². The first-order valence-corrected chi connectivity index (χ1v) is 2.07. The van der Waals surface area contributed by atoms with Gasteiger partial charge in [-0.1, -0.05) is 5.17 Å². The maximum absolute atomic E-state index is 2.69. The first-order valence-electron chi connectivity index (χ1n) is 1.50. The van der Waals surface area contributed by atoms with E-state index in [0.29, 0.717) is 0 Å². The van der Waals surface area contributed by atoms with E-state index in [9.17, 15) is 0 Å². The van der Waals surface area contributed by atoms with Crippen molar-refractivity contribution in [3.05, 3.63) is 0 Å². The molecule has 0 heterocycles. The lowest BCUT2D eigenvalue weighted by molar-refractivity contribution is 1.50. The van der Waals surface area contributed by atoms with E-state index in [1.165, 1.54) is 12.8 Å². The van der Waals surface area contributed by atoms with Crippen LogP contribution in [0.3, 0.4) is 0 Å². The summed E-state index contributed by atoms with van der Waals surface area (Å²) in [5.74, 6) is 0. The average Bonchev–Trinajstić information content (AvgIpc) is 1.75. The maximum Gasteiger partial charge on any atom is -0.00109 e. The molecule has 1 fully saturated rings. The lowest BCUT2D eigenvalue weighted by atomic mass is 11.0. The van der Waals surface area contributed by atoms with Gasteiger partial charge in [0.25, 0.3) is 0 Å². The summed E-state index contributed by atoms with van der Waals surface area (Å²) in [5.41, 5.74) is 0. The van der Waals surface area contributed by atoms with E-state index < -0.39 is 0 Å². The second kappa shape index (κ2) is 0.520. The molecular weight excluding hydrogens is 64.1 g/mol. The van der Waals surface area contributed by atoms with Gasteiger partial charge in [-0.05, 0) is 22.7 Å². The summed E-state index contributed by atoms with van der Waals surface area (Å²) in [4.78, 5) is 0. The molecule has 0 aliphatic heterocycles. The normalized spacial score (nSPS) is 21.5. The van der Waals surface area contributed by atoms with Gasteiger partial charge in [-0.2, -0.15) is 0 Å². The third-order valence-corrected chi connectivity index (χ3v) is 1.12. The van der Waals surface area contributed by atoms with Gasteiger partial charge in [-0.15, -0.1) is 0 Å². The monoisotopic (exact) mass is 69.0 g/mol. The fourth-order valence-electron chi connectivity index (χ4n) is 0.0722. The predicted molar refractivity (Wildman–Crippen MR) is 21.4 cm³/mol. The van der Waals surface area contributed by atoms with Crippen LogP contribution in [0.5, 0.6) is 0 Å². The second-order valence-corrected chi connectivity index (χ2v) is 1.97. The van der Waals surface area contributed by atoms with Crippen LogP contribution in [0.1, 0.15) is 12.8 Å². The molecule has 0 N–H and O–H groups in total. The molecule has 0 aromatic heterocycles. The summed E-state index contributed by atoms with van der Waals surface area (Å²) in [6.07, 6.45) is 2.73. The third kappa shape index (κ3) is 0.259. The number of hydrogen-bond donors (Lipinski definition) is 0. The molecule has 0 nitrogen and oxygen atoms in total. The Morgan fingerprint density at radius 1 is 1.50 bits per heavy atom. The van der Waals surface area contributed by atoms with Crippen LogP contribution in [0.15, 0.2) is 0 Å². The number of rotatable bonds is 0. The Morgan fingerprint density at radius 3 is 1.75 bits per heavy atom. The molecule has 1 saturated carbocycles. The molecule has 1 heteroatoms. The van der Waals surface area contributed by atoms with E-state index in [0.717, 1.165) is 0 Å². The van der Waals surface area contributed by atoms with E-state index in [1.807, 2.05) is 0 Å². The van der Waals surface area contributed by atoms with Crippen LogP contribution in [0, 0.1) is 0 Å². The SMILES string of the molecule is [SiH]=C1CC1. The molecule has 21 valence electrons. The van der Waals surface area contributed by atoms with E-state index in [2.05, 4.69) is 9.85 Å². The first-order chi connectivity index (χ1) is 1.89. The minimum Gasteiger partial charge on any atom is -0.0917 e. The second-order valence-electron chi connectivity index (χ2n) is 1.16. The Kier molecular flexibility index (Phi) is 0.303.